The molecule has 0 saturated carbocycles. The van der Waals surface area contributed by atoms with Gasteiger partial charge < -0.3 is 10.6 Å². The summed E-state index contributed by atoms with van der Waals surface area (Å²) in [4.78, 5) is 0. The molecule has 0 saturated heterocycles. The molecule has 2 aromatic carbocycles. The highest BCUT2D eigenvalue weighted by atomic mass is 15.0. The second-order valence-corrected chi connectivity index (χ2v) is 4.95. The monoisotopic (exact) mass is 254 g/mol. The third-order valence-electron chi connectivity index (χ3n) is 3.39. The molecule has 0 amide bonds. The van der Waals surface area contributed by atoms with Gasteiger partial charge in [0.25, 0.3) is 0 Å². The average molecular weight is 254 g/mol. The van der Waals surface area contributed by atoms with Crippen LogP contribution in [0.15, 0.2) is 60.7 Å². The summed E-state index contributed by atoms with van der Waals surface area (Å²) in [6.45, 7) is 5.32. The van der Waals surface area contributed by atoms with E-state index >= 15 is 0 Å². The first-order valence-corrected chi connectivity index (χ1v) is 6.84. The largest absolute Gasteiger partial charge is 0.381 e. The summed E-state index contributed by atoms with van der Waals surface area (Å²) >= 11 is 0. The molecule has 2 nitrogen and oxygen atoms in total. The molecular formula is C17H22N2. The molecule has 0 aliphatic carbocycles. The minimum Gasteiger partial charge on any atom is -0.381 e. The van der Waals surface area contributed by atoms with E-state index in [1.165, 1.54) is 11.3 Å². The summed E-state index contributed by atoms with van der Waals surface area (Å²) in [6, 6.07) is 21.6. The summed E-state index contributed by atoms with van der Waals surface area (Å²) in [5.74, 6) is 0. The van der Waals surface area contributed by atoms with E-state index < -0.39 is 0 Å². The molecule has 0 unspecified atom stereocenters. The lowest BCUT2D eigenvalue weighted by molar-refractivity contribution is 0.497. The molecule has 0 aromatic heterocycles. The van der Waals surface area contributed by atoms with E-state index in [-0.39, 0.29) is 0 Å². The van der Waals surface area contributed by atoms with E-state index in [4.69, 9.17) is 0 Å². The van der Waals surface area contributed by atoms with E-state index in [9.17, 15) is 0 Å². The lowest BCUT2D eigenvalue weighted by atomic mass is 10.1. The van der Waals surface area contributed by atoms with E-state index in [0.717, 1.165) is 6.54 Å². The van der Waals surface area contributed by atoms with Gasteiger partial charge in [-0.05, 0) is 31.5 Å². The van der Waals surface area contributed by atoms with Gasteiger partial charge in [0.05, 0.1) is 0 Å². The van der Waals surface area contributed by atoms with Crippen molar-refractivity contribution in [3.8, 4) is 0 Å². The minimum absolute atomic E-state index is 0.381. The Morgan fingerprint density at radius 3 is 2.00 bits per heavy atom. The number of anilines is 1. The Morgan fingerprint density at radius 1 is 0.789 bits per heavy atom. The van der Waals surface area contributed by atoms with Crippen molar-refractivity contribution >= 4 is 5.69 Å². The first kappa shape index (κ1) is 13.6. The summed E-state index contributed by atoms with van der Waals surface area (Å²) in [7, 11) is 0. The predicted octanol–water partition coefficient (Wildman–Crippen LogP) is 3.67. The molecular weight excluding hydrogens is 232 g/mol. The van der Waals surface area contributed by atoms with Crippen molar-refractivity contribution < 1.29 is 0 Å². The fourth-order valence-corrected chi connectivity index (χ4v) is 1.97. The van der Waals surface area contributed by atoms with Crippen LogP contribution < -0.4 is 10.6 Å². The van der Waals surface area contributed by atoms with Gasteiger partial charge in [0.15, 0.2) is 0 Å². The Bertz CT molecular complexity index is 467. The van der Waals surface area contributed by atoms with Crippen molar-refractivity contribution in [3.05, 3.63) is 66.2 Å². The number of rotatable bonds is 6. The fraction of sp³-hybridized carbons (Fsp3) is 0.294. The zero-order chi connectivity index (χ0) is 13.5. The highest BCUT2D eigenvalue weighted by Crippen LogP contribution is 2.09. The van der Waals surface area contributed by atoms with Gasteiger partial charge in [-0.15, -0.1) is 0 Å². The van der Waals surface area contributed by atoms with E-state index in [1.54, 1.807) is 0 Å². The molecule has 0 aliphatic rings. The van der Waals surface area contributed by atoms with Gasteiger partial charge in [0, 0.05) is 24.3 Å². The van der Waals surface area contributed by atoms with Crippen molar-refractivity contribution in [3.63, 3.8) is 0 Å². The van der Waals surface area contributed by atoms with E-state index in [1.807, 2.05) is 12.1 Å². The second kappa shape index (κ2) is 6.95. The number of hydrogen-bond acceptors (Lipinski definition) is 2. The van der Waals surface area contributed by atoms with Gasteiger partial charge in [0.1, 0.15) is 0 Å². The molecule has 0 spiro atoms. The van der Waals surface area contributed by atoms with Gasteiger partial charge >= 0.3 is 0 Å². The summed E-state index contributed by atoms with van der Waals surface area (Å²) < 4.78 is 0. The maximum atomic E-state index is 3.56. The number of benzene rings is 2. The summed E-state index contributed by atoms with van der Waals surface area (Å²) in [5.41, 5.74) is 2.49. The number of hydrogen-bond donors (Lipinski definition) is 2. The maximum Gasteiger partial charge on any atom is 0.0383 e. The predicted molar refractivity (Wildman–Crippen MR) is 82.3 cm³/mol. The van der Waals surface area contributed by atoms with Gasteiger partial charge in [-0.1, -0.05) is 48.5 Å². The lowest BCUT2D eigenvalue weighted by Gasteiger charge is -2.23. The number of para-hydroxylation sites is 1. The van der Waals surface area contributed by atoms with Crippen LogP contribution in [0.4, 0.5) is 5.69 Å². The van der Waals surface area contributed by atoms with Gasteiger partial charge in [-0.25, -0.2) is 0 Å². The molecule has 0 heterocycles. The highest BCUT2D eigenvalue weighted by molar-refractivity contribution is 5.43. The quantitative estimate of drug-likeness (QED) is 0.822. The lowest BCUT2D eigenvalue weighted by Crippen LogP contribution is -2.39. The van der Waals surface area contributed by atoms with Crippen molar-refractivity contribution in [2.75, 3.05) is 5.32 Å². The van der Waals surface area contributed by atoms with Crippen LogP contribution in [0, 0.1) is 0 Å². The van der Waals surface area contributed by atoms with Crippen LogP contribution in [-0.4, -0.2) is 12.1 Å². The van der Waals surface area contributed by atoms with E-state index in [0.29, 0.717) is 12.1 Å². The fourth-order valence-electron chi connectivity index (χ4n) is 1.97. The SMILES string of the molecule is C[C@@H](NCc1ccccc1)[C@@H](C)Nc1ccccc1. The molecule has 2 rings (SSSR count). The minimum atomic E-state index is 0.381. The van der Waals surface area contributed by atoms with Crippen molar-refractivity contribution in [1.29, 1.82) is 0 Å². The Balaban J connectivity index is 1.81. The van der Waals surface area contributed by atoms with Crippen molar-refractivity contribution in [2.24, 2.45) is 0 Å². The second-order valence-electron chi connectivity index (χ2n) is 4.95. The van der Waals surface area contributed by atoms with Crippen LogP contribution in [0.2, 0.25) is 0 Å². The molecule has 2 heteroatoms. The average Bonchev–Trinajstić information content (AvgIpc) is 2.47. The zero-order valence-corrected chi connectivity index (χ0v) is 11.6. The van der Waals surface area contributed by atoms with Crippen LogP contribution in [0.5, 0.6) is 0 Å². The maximum absolute atomic E-state index is 3.56. The molecule has 2 atom stereocenters. The van der Waals surface area contributed by atoms with Crippen molar-refractivity contribution in [1.82, 2.24) is 5.32 Å². The first-order chi connectivity index (χ1) is 9.25. The highest BCUT2D eigenvalue weighted by Gasteiger charge is 2.10. The normalized spacial score (nSPS) is 13.8. The third kappa shape index (κ3) is 4.42. The Labute approximate surface area is 115 Å². The van der Waals surface area contributed by atoms with Crippen LogP contribution in [0.25, 0.3) is 0 Å². The Kier molecular flexibility index (Phi) is 4.99. The van der Waals surface area contributed by atoms with Crippen LogP contribution in [0.1, 0.15) is 19.4 Å². The Morgan fingerprint density at radius 2 is 1.37 bits per heavy atom. The third-order valence-corrected chi connectivity index (χ3v) is 3.39. The smallest absolute Gasteiger partial charge is 0.0383 e. The van der Waals surface area contributed by atoms with Gasteiger partial charge in [0.2, 0.25) is 0 Å². The van der Waals surface area contributed by atoms with Crippen LogP contribution >= 0.6 is 0 Å². The van der Waals surface area contributed by atoms with Crippen LogP contribution in [0.3, 0.4) is 0 Å². The van der Waals surface area contributed by atoms with E-state index in [2.05, 4.69) is 73.0 Å². The van der Waals surface area contributed by atoms with Gasteiger partial charge in [-0.2, -0.15) is 0 Å². The molecule has 100 valence electrons. The summed E-state index contributed by atoms with van der Waals surface area (Å²) in [6.07, 6.45) is 0. The molecule has 0 fully saturated rings. The standard InChI is InChI=1S/C17H22N2/c1-14(18-13-16-9-5-3-6-10-16)15(2)19-17-11-7-4-8-12-17/h3-12,14-15,18-19H,13H2,1-2H3/t14-,15-/m1/s1. The molecule has 2 N–H and O–H groups in total. The topological polar surface area (TPSA) is 24.1 Å². The summed E-state index contributed by atoms with van der Waals surface area (Å²) in [5, 5.41) is 7.07. The molecule has 0 aliphatic heterocycles. The molecule has 0 bridgehead atoms. The first-order valence-electron chi connectivity index (χ1n) is 6.84. The zero-order valence-electron chi connectivity index (χ0n) is 11.6. The molecule has 0 radical (unpaired) electrons. The Hall–Kier alpha value is -1.80. The molecule has 19 heavy (non-hydrogen) atoms. The van der Waals surface area contributed by atoms with Gasteiger partial charge in [-0.3, -0.25) is 0 Å². The van der Waals surface area contributed by atoms with Crippen molar-refractivity contribution in [2.45, 2.75) is 32.5 Å². The molecule has 2 aromatic rings. The number of nitrogens with one attached hydrogen (secondary N) is 2. The van der Waals surface area contributed by atoms with Crippen LogP contribution in [-0.2, 0) is 6.54 Å².